The Morgan fingerprint density at radius 2 is 1.85 bits per heavy atom. The van der Waals surface area contributed by atoms with Crippen LogP contribution in [0.4, 0.5) is 0 Å². The van der Waals surface area contributed by atoms with Gasteiger partial charge < -0.3 is 4.74 Å². The van der Waals surface area contributed by atoms with Crippen molar-refractivity contribution in [3.8, 4) is 5.75 Å². The summed E-state index contributed by atoms with van der Waals surface area (Å²) in [6, 6.07) is 6.32. The van der Waals surface area contributed by atoms with E-state index < -0.39 is 6.72 Å². The molecular weight excluding hydrogens is 234 g/mol. The third-order valence-electron chi connectivity index (χ3n) is 1.47. The van der Waals surface area contributed by atoms with Crippen LogP contribution in [0.15, 0.2) is 24.3 Å². The second kappa shape index (κ2) is 4.34. The molecule has 6 heteroatoms. The molecule has 0 fully saturated rings. The molecule has 0 aliphatic heterocycles. The number of rotatable bonds is 3. The predicted octanol–water partition coefficient (Wildman–Crippen LogP) is 2.92. The molecule has 1 aromatic rings. The fourth-order valence-electron chi connectivity index (χ4n) is 0.800. The number of ether oxygens (including phenoxy) is 1. The van der Waals surface area contributed by atoms with E-state index in [9.17, 15) is 4.57 Å². The first-order chi connectivity index (χ1) is 6.10. The second-order valence-electron chi connectivity index (χ2n) is 2.25. The van der Waals surface area contributed by atoms with Gasteiger partial charge in [0.15, 0.2) is 0 Å². The summed E-state index contributed by atoms with van der Waals surface area (Å²) >= 11 is 10.5. The van der Waals surface area contributed by atoms with Gasteiger partial charge in [-0.15, -0.1) is 0 Å². The molecule has 0 aliphatic rings. The zero-order valence-electron chi connectivity index (χ0n) is 6.74. The Morgan fingerprint density at radius 1 is 1.31 bits per heavy atom. The van der Waals surface area contributed by atoms with Crippen LogP contribution < -0.4 is 10.0 Å². The molecule has 0 amide bonds. The second-order valence-corrected chi connectivity index (χ2v) is 5.61. The van der Waals surface area contributed by atoms with Crippen molar-refractivity contribution in [1.29, 1.82) is 0 Å². The van der Waals surface area contributed by atoms with Gasteiger partial charge in [0, 0.05) is 0 Å². The molecule has 0 spiro atoms. The van der Waals surface area contributed by atoms with Crippen molar-refractivity contribution >= 4 is 35.1 Å². The lowest BCUT2D eigenvalue weighted by Crippen LogP contribution is -1.99. The van der Waals surface area contributed by atoms with Crippen molar-refractivity contribution in [3.05, 3.63) is 24.3 Å². The highest BCUT2D eigenvalue weighted by atomic mass is 35.7. The lowest BCUT2D eigenvalue weighted by atomic mass is 10.3. The van der Waals surface area contributed by atoms with Crippen molar-refractivity contribution in [2.24, 2.45) is 0 Å². The Hall–Kier alpha value is -0.210. The minimum Gasteiger partial charge on any atom is -0.497 e. The van der Waals surface area contributed by atoms with Gasteiger partial charge in [-0.1, -0.05) is 0 Å². The van der Waals surface area contributed by atoms with Crippen molar-refractivity contribution in [2.45, 2.75) is 0 Å². The number of hydrogen-bond acceptors (Lipinski definition) is 3. The van der Waals surface area contributed by atoms with Gasteiger partial charge in [0.25, 0.3) is 0 Å². The van der Waals surface area contributed by atoms with Gasteiger partial charge >= 0.3 is 6.72 Å². The van der Waals surface area contributed by atoms with Gasteiger partial charge in [0.2, 0.25) is 0 Å². The molecule has 0 radical (unpaired) electrons. The molecule has 0 aliphatic carbocycles. The van der Waals surface area contributed by atoms with Gasteiger partial charge in [-0.2, -0.15) is 0 Å². The lowest BCUT2D eigenvalue weighted by Gasteiger charge is -2.06. The Morgan fingerprint density at radius 3 is 2.23 bits per heavy atom. The van der Waals surface area contributed by atoms with Crippen LogP contribution >= 0.6 is 29.8 Å². The Balaban J connectivity index is 2.99. The SMILES string of the molecule is COc1ccc(P(=O)(Cl)OCl)cc1. The minimum atomic E-state index is -3.37. The van der Waals surface area contributed by atoms with Crippen molar-refractivity contribution in [1.82, 2.24) is 0 Å². The fourth-order valence-corrected chi connectivity index (χ4v) is 1.96. The minimum absolute atomic E-state index is 0.338. The average molecular weight is 241 g/mol. The zero-order chi connectivity index (χ0) is 9.90. The van der Waals surface area contributed by atoms with E-state index in [1.165, 1.54) is 19.2 Å². The maximum absolute atomic E-state index is 11.4. The smallest absolute Gasteiger partial charge is 0.335 e. The summed E-state index contributed by atoms with van der Waals surface area (Å²) in [5.41, 5.74) is 0. The maximum Gasteiger partial charge on any atom is 0.335 e. The zero-order valence-corrected chi connectivity index (χ0v) is 9.14. The highest BCUT2D eigenvalue weighted by molar-refractivity contribution is 7.91. The van der Waals surface area contributed by atoms with E-state index in [0.717, 1.165) is 0 Å². The predicted molar refractivity (Wildman–Crippen MR) is 53.0 cm³/mol. The molecule has 0 saturated heterocycles. The first-order valence-electron chi connectivity index (χ1n) is 3.35. The lowest BCUT2D eigenvalue weighted by molar-refractivity contribution is 0.415. The van der Waals surface area contributed by atoms with Crippen molar-refractivity contribution in [2.75, 3.05) is 7.11 Å². The molecule has 0 bridgehead atoms. The molecule has 0 heterocycles. The monoisotopic (exact) mass is 240 g/mol. The van der Waals surface area contributed by atoms with Crippen LogP contribution in [0.1, 0.15) is 0 Å². The summed E-state index contributed by atoms with van der Waals surface area (Å²) in [4.78, 5) is 0. The van der Waals surface area contributed by atoms with Crippen LogP contribution in [-0.4, -0.2) is 7.11 Å². The average Bonchev–Trinajstić information content (AvgIpc) is 2.18. The molecule has 3 nitrogen and oxygen atoms in total. The molecular formula is C7H7Cl2O3P. The van der Waals surface area contributed by atoms with E-state index >= 15 is 0 Å². The van der Waals surface area contributed by atoms with Crippen LogP contribution in [0.25, 0.3) is 0 Å². The highest BCUT2D eigenvalue weighted by Crippen LogP contribution is 2.52. The third-order valence-corrected chi connectivity index (χ3v) is 4.15. The topological polar surface area (TPSA) is 35.5 Å². The van der Waals surface area contributed by atoms with Gasteiger partial charge in [-0.25, -0.2) is 4.08 Å². The molecule has 1 atom stereocenters. The third kappa shape index (κ3) is 2.61. The van der Waals surface area contributed by atoms with E-state index in [0.29, 0.717) is 11.1 Å². The Labute approximate surface area is 86.0 Å². The number of benzene rings is 1. The van der Waals surface area contributed by atoms with Crippen molar-refractivity contribution in [3.63, 3.8) is 0 Å². The summed E-state index contributed by atoms with van der Waals surface area (Å²) in [6.07, 6.45) is 0. The van der Waals surface area contributed by atoms with Crippen LogP contribution in [0.3, 0.4) is 0 Å². The molecule has 1 rings (SSSR count). The fraction of sp³-hybridized carbons (Fsp3) is 0.143. The van der Waals surface area contributed by atoms with Crippen LogP contribution in [0.2, 0.25) is 0 Å². The van der Waals surface area contributed by atoms with Crippen molar-refractivity contribution < 1.29 is 13.4 Å². The largest absolute Gasteiger partial charge is 0.497 e. The summed E-state index contributed by atoms with van der Waals surface area (Å²) in [5, 5.41) is 0.338. The standard InChI is InChI=1S/C7H7Cl2O3P/c1-11-6-2-4-7(5-3-6)13(9,10)12-8/h2-5H,1H3. The Kier molecular flexibility index (Phi) is 3.63. The van der Waals surface area contributed by atoms with Crippen LogP contribution in [-0.2, 0) is 8.64 Å². The molecule has 0 N–H and O–H groups in total. The maximum atomic E-state index is 11.4. The normalized spacial score (nSPS) is 15.0. The summed E-state index contributed by atoms with van der Waals surface area (Å²) < 4.78 is 20.4. The summed E-state index contributed by atoms with van der Waals surface area (Å²) in [5.74, 6) is 0.648. The summed E-state index contributed by atoms with van der Waals surface area (Å²) in [7, 11) is 1.54. The number of halogens is 2. The quantitative estimate of drug-likeness (QED) is 0.763. The van der Waals surface area contributed by atoms with Crippen LogP contribution in [0, 0.1) is 0 Å². The molecule has 0 saturated carbocycles. The van der Waals surface area contributed by atoms with Gasteiger partial charge in [0.05, 0.1) is 24.3 Å². The molecule has 72 valence electrons. The first kappa shape index (κ1) is 10.9. The van der Waals surface area contributed by atoms with Gasteiger partial charge in [0.1, 0.15) is 5.75 Å². The van der Waals surface area contributed by atoms with E-state index in [-0.39, 0.29) is 0 Å². The molecule has 1 unspecified atom stereocenters. The van der Waals surface area contributed by atoms with E-state index in [1.807, 2.05) is 0 Å². The van der Waals surface area contributed by atoms with E-state index in [1.54, 1.807) is 12.1 Å². The summed E-state index contributed by atoms with van der Waals surface area (Å²) in [6.45, 7) is -3.37. The molecule has 13 heavy (non-hydrogen) atoms. The van der Waals surface area contributed by atoms with E-state index in [4.69, 9.17) is 27.8 Å². The number of methoxy groups -OCH3 is 1. The first-order valence-corrected chi connectivity index (χ1v) is 6.18. The van der Waals surface area contributed by atoms with Gasteiger partial charge in [-0.05, 0) is 35.5 Å². The van der Waals surface area contributed by atoms with E-state index in [2.05, 4.69) is 4.08 Å². The van der Waals surface area contributed by atoms with Gasteiger partial charge in [-0.3, -0.25) is 4.57 Å². The number of hydrogen-bond donors (Lipinski definition) is 0. The highest BCUT2D eigenvalue weighted by Gasteiger charge is 2.21. The molecule has 1 aromatic carbocycles. The van der Waals surface area contributed by atoms with Crippen LogP contribution in [0.5, 0.6) is 5.75 Å². The molecule has 0 aromatic heterocycles. The Bertz CT molecular complexity index is 325.